The van der Waals surface area contributed by atoms with Gasteiger partial charge in [0, 0.05) is 11.1 Å². The van der Waals surface area contributed by atoms with Gasteiger partial charge in [-0.25, -0.2) is 17.8 Å². The Bertz CT molecular complexity index is 723. The number of rotatable bonds is 4. The second-order valence-corrected chi connectivity index (χ2v) is 6.86. The SMILES string of the molecule is Cc1cc(-n2nccc2S(=O)(=O)NC(C)C)ccc1Cl. The van der Waals surface area contributed by atoms with Gasteiger partial charge in [-0.05, 0) is 50.6 Å². The molecule has 1 N–H and O–H groups in total. The zero-order chi connectivity index (χ0) is 14.9. The lowest BCUT2D eigenvalue weighted by Crippen LogP contribution is -2.31. The number of sulfonamides is 1. The van der Waals surface area contributed by atoms with Gasteiger partial charge in [-0.3, -0.25) is 0 Å². The van der Waals surface area contributed by atoms with Gasteiger partial charge in [-0.1, -0.05) is 11.6 Å². The van der Waals surface area contributed by atoms with E-state index in [1.165, 1.54) is 16.9 Å². The standard InChI is InChI=1S/C13H16ClN3O2S/c1-9(2)16-20(18,19)13-6-7-15-17(13)11-4-5-12(14)10(3)8-11/h4-9,16H,1-3H3. The highest BCUT2D eigenvalue weighted by Gasteiger charge is 2.21. The van der Waals surface area contributed by atoms with Crippen LogP contribution in [0.2, 0.25) is 5.02 Å². The van der Waals surface area contributed by atoms with E-state index >= 15 is 0 Å². The van der Waals surface area contributed by atoms with Gasteiger partial charge in [0.1, 0.15) is 0 Å². The summed E-state index contributed by atoms with van der Waals surface area (Å²) >= 11 is 5.98. The fraction of sp³-hybridized carbons (Fsp3) is 0.308. The average molecular weight is 314 g/mol. The summed E-state index contributed by atoms with van der Waals surface area (Å²) in [7, 11) is -3.60. The minimum Gasteiger partial charge on any atom is -0.221 e. The minimum absolute atomic E-state index is 0.105. The van der Waals surface area contributed by atoms with Crippen molar-refractivity contribution in [1.82, 2.24) is 14.5 Å². The molecule has 0 fully saturated rings. The maximum absolute atomic E-state index is 12.3. The zero-order valence-corrected chi connectivity index (χ0v) is 13.0. The number of nitrogens with zero attached hydrogens (tertiary/aromatic N) is 2. The monoisotopic (exact) mass is 313 g/mol. The van der Waals surface area contributed by atoms with Crippen molar-refractivity contribution >= 4 is 21.6 Å². The van der Waals surface area contributed by atoms with Gasteiger partial charge in [0.2, 0.25) is 0 Å². The van der Waals surface area contributed by atoms with Crippen molar-refractivity contribution in [2.45, 2.75) is 31.8 Å². The average Bonchev–Trinajstić information content (AvgIpc) is 2.81. The molecule has 1 heterocycles. The molecule has 0 radical (unpaired) electrons. The third-order valence-corrected chi connectivity index (χ3v) is 4.73. The van der Waals surface area contributed by atoms with E-state index in [9.17, 15) is 8.42 Å². The first kappa shape index (κ1) is 15.0. The van der Waals surface area contributed by atoms with Crippen LogP contribution in [0.5, 0.6) is 0 Å². The number of nitrogens with one attached hydrogen (secondary N) is 1. The van der Waals surface area contributed by atoms with Crippen molar-refractivity contribution < 1.29 is 8.42 Å². The predicted molar refractivity (Wildman–Crippen MR) is 78.8 cm³/mol. The number of hydrogen-bond donors (Lipinski definition) is 1. The molecule has 0 atom stereocenters. The largest absolute Gasteiger partial charge is 0.258 e. The molecule has 0 unspecified atom stereocenters. The van der Waals surface area contributed by atoms with Crippen LogP contribution in [0.25, 0.3) is 5.69 Å². The quantitative estimate of drug-likeness (QED) is 0.943. The predicted octanol–water partition coefficient (Wildman–Crippen LogP) is 2.52. The smallest absolute Gasteiger partial charge is 0.221 e. The summed E-state index contributed by atoms with van der Waals surface area (Å²) in [5, 5.41) is 4.82. The summed E-state index contributed by atoms with van der Waals surface area (Å²) in [6, 6.07) is 6.53. The van der Waals surface area contributed by atoms with Gasteiger partial charge in [0.15, 0.2) is 5.03 Å². The Balaban J connectivity index is 2.50. The molecule has 0 saturated heterocycles. The molecule has 1 aromatic carbocycles. The highest BCUT2D eigenvalue weighted by Crippen LogP contribution is 2.21. The van der Waals surface area contributed by atoms with Crippen molar-refractivity contribution in [3.8, 4) is 5.69 Å². The lowest BCUT2D eigenvalue weighted by Gasteiger charge is -2.12. The Hall–Kier alpha value is -1.37. The first-order valence-corrected chi connectivity index (χ1v) is 8.00. The van der Waals surface area contributed by atoms with Crippen molar-refractivity contribution in [2.24, 2.45) is 0 Å². The molecule has 0 aliphatic carbocycles. The van der Waals surface area contributed by atoms with Crippen molar-refractivity contribution in [3.63, 3.8) is 0 Å². The molecule has 2 rings (SSSR count). The normalized spacial score (nSPS) is 12.1. The molecule has 0 aliphatic heterocycles. The number of halogens is 1. The van der Waals surface area contributed by atoms with Crippen LogP contribution in [0.3, 0.4) is 0 Å². The summed E-state index contributed by atoms with van der Waals surface area (Å²) in [6.45, 7) is 5.39. The van der Waals surface area contributed by atoms with Gasteiger partial charge in [0.25, 0.3) is 10.0 Å². The zero-order valence-electron chi connectivity index (χ0n) is 11.5. The van der Waals surface area contributed by atoms with E-state index in [1.54, 1.807) is 32.0 Å². The Morgan fingerprint density at radius 3 is 2.60 bits per heavy atom. The van der Waals surface area contributed by atoms with E-state index in [-0.39, 0.29) is 11.1 Å². The van der Waals surface area contributed by atoms with Crippen LogP contribution in [0.4, 0.5) is 0 Å². The molecule has 0 aliphatic rings. The van der Waals surface area contributed by atoms with Crippen LogP contribution in [0, 0.1) is 6.92 Å². The summed E-state index contributed by atoms with van der Waals surface area (Å²) < 4.78 is 28.4. The van der Waals surface area contributed by atoms with Gasteiger partial charge in [-0.15, -0.1) is 0 Å². The maximum Gasteiger partial charge on any atom is 0.258 e. The Morgan fingerprint density at radius 1 is 1.30 bits per heavy atom. The third-order valence-electron chi connectivity index (χ3n) is 2.66. The van der Waals surface area contributed by atoms with E-state index < -0.39 is 10.0 Å². The van der Waals surface area contributed by atoms with E-state index in [0.29, 0.717) is 10.7 Å². The fourth-order valence-electron chi connectivity index (χ4n) is 1.82. The van der Waals surface area contributed by atoms with Crippen molar-refractivity contribution in [1.29, 1.82) is 0 Å². The lowest BCUT2D eigenvalue weighted by atomic mass is 10.2. The fourth-order valence-corrected chi connectivity index (χ4v) is 3.30. The van der Waals surface area contributed by atoms with Crippen LogP contribution in [0.1, 0.15) is 19.4 Å². The van der Waals surface area contributed by atoms with E-state index in [1.807, 2.05) is 6.92 Å². The van der Waals surface area contributed by atoms with Crippen LogP contribution in [-0.4, -0.2) is 24.2 Å². The molecule has 0 amide bonds. The number of hydrogen-bond acceptors (Lipinski definition) is 3. The molecule has 0 bridgehead atoms. The topological polar surface area (TPSA) is 64.0 Å². The first-order chi connectivity index (χ1) is 9.31. The number of aryl methyl sites for hydroxylation is 1. The van der Waals surface area contributed by atoms with Crippen LogP contribution in [-0.2, 0) is 10.0 Å². The van der Waals surface area contributed by atoms with Gasteiger partial charge < -0.3 is 0 Å². The summed E-state index contributed by atoms with van der Waals surface area (Å²) in [6.07, 6.45) is 1.46. The number of benzene rings is 1. The second-order valence-electron chi connectivity index (χ2n) is 4.79. The van der Waals surface area contributed by atoms with Gasteiger partial charge in [0.05, 0.1) is 11.9 Å². The second kappa shape index (κ2) is 5.55. The molecule has 0 spiro atoms. The molecule has 2 aromatic rings. The molecule has 0 saturated carbocycles. The molecular formula is C13H16ClN3O2S. The van der Waals surface area contributed by atoms with E-state index in [2.05, 4.69) is 9.82 Å². The summed E-state index contributed by atoms with van der Waals surface area (Å²) in [5.74, 6) is 0. The molecule has 5 nitrogen and oxygen atoms in total. The van der Waals surface area contributed by atoms with Gasteiger partial charge in [-0.2, -0.15) is 5.10 Å². The molecule has 1 aromatic heterocycles. The lowest BCUT2D eigenvalue weighted by molar-refractivity contribution is 0.560. The Morgan fingerprint density at radius 2 is 2.00 bits per heavy atom. The molecule has 20 heavy (non-hydrogen) atoms. The van der Waals surface area contributed by atoms with Crippen LogP contribution in [0.15, 0.2) is 35.5 Å². The number of aromatic nitrogens is 2. The van der Waals surface area contributed by atoms with Gasteiger partial charge >= 0.3 is 0 Å². The molecular weight excluding hydrogens is 298 g/mol. The Labute approximate surface area is 123 Å². The third kappa shape index (κ3) is 3.03. The van der Waals surface area contributed by atoms with E-state index in [0.717, 1.165) is 5.56 Å². The minimum atomic E-state index is -3.60. The molecule has 108 valence electrons. The van der Waals surface area contributed by atoms with Crippen LogP contribution < -0.4 is 4.72 Å². The Kier molecular flexibility index (Phi) is 4.17. The maximum atomic E-state index is 12.3. The highest BCUT2D eigenvalue weighted by molar-refractivity contribution is 7.89. The first-order valence-electron chi connectivity index (χ1n) is 6.14. The summed E-state index contributed by atoms with van der Waals surface area (Å²) in [5.41, 5.74) is 1.51. The molecule has 7 heteroatoms. The highest BCUT2D eigenvalue weighted by atomic mass is 35.5. The van der Waals surface area contributed by atoms with E-state index in [4.69, 9.17) is 11.6 Å². The van der Waals surface area contributed by atoms with Crippen molar-refractivity contribution in [3.05, 3.63) is 41.0 Å². The van der Waals surface area contributed by atoms with Crippen LogP contribution >= 0.6 is 11.6 Å². The van der Waals surface area contributed by atoms with Crippen molar-refractivity contribution in [2.75, 3.05) is 0 Å². The summed E-state index contributed by atoms with van der Waals surface area (Å²) in [4.78, 5) is 0.